The number of aliphatic hydroxyl groups is 1. The van der Waals surface area contributed by atoms with Crippen molar-refractivity contribution in [3.8, 4) is 0 Å². The van der Waals surface area contributed by atoms with Crippen LogP contribution in [-0.4, -0.2) is 54.2 Å². The van der Waals surface area contributed by atoms with Crippen LogP contribution >= 0.6 is 0 Å². The summed E-state index contributed by atoms with van der Waals surface area (Å²) in [5, 5.41) is 10.5. The largest absolute Gasteiger partial charge is 0.452 e. The molecule has 1 N–H and O–H groups in total. The summed E-state index contributed by atoms with van der Waals surface area (Å²) in [7, 11) is 0. The standard InChI is InChI=1S/C26H22O8/c27-23(17-10-4-1-5-11-17)32-20-16-31-26(30)22(34-25(29)19-14-8-3-9-15-19)21(20)33-24(28)18-12-6-2-7-13-18/h1-15,20-22,26,30H,16H2/t20-,21-,22+,26?/m0/s1. The summed E-state index contributed by atoms with van der Waals surface area (Å²) >= 11 is 0. The van der Waals surface area contributed by atoms with Gasteiger partial charge in [0.15, 0.2) is 24.6 Å². The van der Waals surface area contributed by atoms with E-state index in [-0.39, 0.29) is 23.3 Å². The van der Waals surface area contributed by atoms with Crippen molar-refractivity contribution in [2.24, 2.45) is 0 Å². The number of carbonyl (C=O) groups is 3. The molecule has 1 unspecified atom stereocenters. The Balaban J connectivity index is 1.59. The number of aliphatic hydroxyl groups excluding tert-OH is 1. The van der Waals surface area contributed by atoms with Crippen molar-refractivity contribution < 1.29 is 38.4 Å². The quantitative estimate of drug-likeness (QED) is 0.440. The number of rotatable bonds is 6. The minimum atomic E-state index is -1.60. The molecule has 8 nitrogen and oxygen atoms in total. The minimum Gasteiger partial charge on any atom is -0.452 e. The highest BCUT2D eigenvalue weighted by Crippen LogP contribution is 2.25. The van der Waals surface area contributed by atoms with Gasteiger partial charge in [-0.1, -0.05) is 54.6 Å². The number of hydrogen-bond acceptors (Lipinski definition) is 8. The Morgan fingerprint density at radius 2 is 1.00 bits per heavy atom. The van der Waals surface area contributed by atoms with E-state index in [0.29, 0.717) is 0 Å². The molecule has 1 fully saturated rings. The summed E-state index contributed by atoms with van der Waals surface area (Å²) < 4.78 is 21.9. The summed E-state index contributed by atoms with van der Waals surface area (Å²) in [6, 6.07) is 24.5. The molecular weight excluding hydrogens is 440 g/mol. The molecule has 3 aromatic carbocycles. The van der Waals surface area contributed by atoms with Crippen LogP contribution in [0, 0.1) is 0 Å². The average Bonchev–Trinajstić information content (AvgIpc) is 2.89. The van der Waals surface area contributed by atoms with E-state index in [1.54, 1.807) is 78.9 Å². The van der Waals surface area contributed by atoms with Gasteiger partial charge in [-0.15, -0.1) is 0 Å². The fourth-order valence-electron chi connectivity index (χ4n) is 3.44. The molecular formula is C26H22O8. The van der Waals surface area contributed by atoms with Crippen LogP contribution < -0.4 is 0 Å². The first-order chi connectivity index (χ1) is 16.5. The highest BCUT2D eigenvalue weighted by Gasteiger charge is 2.47. The summed E-state index contributed by atoms with van der Waals surface area (Å²) in [5.74, 6) is -2.18. The fourth-order valence-corrected chi connectivity index (χ4v) is 3.44. The molecule has 0 aromatic heterocycles. The topological polar surface area (TPSA) is 108 Å². The van der Waals surface area contributed by atoms with E-state index in [1.807, 2.05) is 0 Å². The van der Waals surface area contributed by atoms with Crippen LogP contribution in [0.3, 0.4) is 0 Å². The molecule has 0 saturated carbocycles. The number of carbonyl (C=O) groups excluding carboxylic acids is 3. The lowest BCUT2D eigenvalue weighted by Crippen LogP contribution is -2.57. The molecule has 8 heteroatoms. The molecule has 0 bridgehead atoms. The summed E-state index contributed by atoms with van der Waals surface area (Å²) in [5.41, 5.74) is 0.746. The molecule has 4 atom stereocenters. The van der Waals surface area contributed by atoms with Crippen molar-refractivity contribution in [1.82, 2.24) is 0 Å². The lowest BCUT2D eigenvalue weighted by atomic mass is 10.0. The minimum absolute atomic E-state index is 0.228. The maximum Gasteiger partial charge on any atom is 0.338 e. The van der Waals surface area contributed by atoms with Crippen LogP contribution in [0.1, 0.15) is 31.1 Å². The molecule has 1 aliphatic heterocycles. The first kappa shape index (κ1) is 23.2. The molecule has 4 rings (SSSR count). The van der Waals surface area contributed by atoms with E-state index in [1.165, 1.54) is 12.1 Å². The van der Waals surface area contributed by atoms with Gasteiger partial charge >= 0.3 is 17.9 Å². The normalized spacial score (nSPS) is 21.8. The number of esters is 3. The molecule has 0 aliphatic carbocycles. The smallest absolute Gasteiger partial charge is 0.338 e. The Morgan fingerprint density at radius 1 is 0.618 bits per heavy atom. The third-order valence-electron chi connectivity index (χ3n) is 5.18. The van der Waals surface area contributed by atoms with Gasteiger partial charge in [-0.05, 0) is 36.4 Å². The molecule has 0 amide bonds. The van der Waals surface area contributed by atoms with Crippen LogP contribution in [-0.2, 0) is 18.9 Å². The van der Waals surface area contributed by atoms with E-state index in [0.717, 1.165) is 0 Å². The van der Waals surface area contributed by atoms with Crippen molar-refractivity contribution in [1.29, 1.82) is 0 Å². The van der Waals surface area contributed by atoms with Gasteiger partial charge in [0.1, 0.15) is 0 Å². The van der Waals surface area contributed by atoms with Crippen LogP contribution in [0.2, 0.25) is 0 Å². The SMILES string of the molecule is O=C(O[C@H]1[C@@H](OC(=O)c2ccccc2)COC(O)[C@@H]1OC(=O)c1ccccc1)c1ccccc1. The maximum absolute atomic E-state index is 12.8. The van der Waals surface area contributed by atoms with Crippen molar-refractivity contribution in [2.75, 3.05) is 6.61 Å². The highest BCUT2D eigenvalue weighted by atomic mass is 16.7. The van der Waals surface area contributed by atoms with Gasteiger partial charge < -0.3 is 24.1 Å². The lowest BCUT2D eigenvalue weighted by Gasteiger charge is -2.38. The second-order valence-electron chi connectivity index (χ2n) is 7.51. The molecule has 174 valence electrons. The molecule has 34 heavy (non-hydrogen) atoms. The van der Waals surface area contributed by atoms with Gasteiger partial charge in [0.25, 0.3) is 0 Å². The third kappa shape index (κ3) is 5.48. The zero-order chi connectivity index (χ0) is 23.9. The fraction of sp³-hybridized carbons (Fsp3) is 0.192. The van der Waals surface area contributed by atoms with E-state index < -0.39 is 42.5 Å². The molecule has 1 heterocycles. The van der Waals surface area contributed by atoms with Crippen LogP contribution in [0.4, 0.5) is 0 Å². The van der Waals surface area contributed by atoms with E-state index in [4.69, 9.17) is 18.9 Å². The van der Waals surface area contributed by atoms with Gasteiger partial charge in [-0.3, -0.25) is 0 Å². The maximum atomic E-state index is 12.8. The van der Waals surface area contributed by atoms with Crippen LogP contribution in [0.5, 0.6) is 0 Å². The van der Waals surface area contributed by atoms with Crippen molar-refractivity contribution in [3.05, 3.63) is 108 Å². The second kappa shape index (κ2) is 10.7. The van der Waals surface area contributed by atoms with Crippen molar-refractivity contribution in [2.45, 2.75) is 24.6 Å². The van der Waals surface area contributed by atoms with Crippen LogP contribution in [0.15, 0.2) is 91.0 Å². The van der Waals surface area contributed by atoms with Crippen LogP contribution in [0.25, 0.3) is 0 Å². The number of ether oxygens (including phenoxy) is 4. The molecule has 3 aromatic rings. The Morgan fingerprint density at radius 3 is 1.44 bits per heavy atom. The molecule has 1 aliphatic rings. The first-order valence-corrected chi connectivity index (χ1v) is 10.6. The Labute approximate surface area is 195 Å². The van der Waals surface area contributed by atoms with Gasteiger partial charge in [0, 0.05) is 0 Å². The number of hydrogen-bond donors (Lipinski definition) is 1. The Bertz CT molecular complexity index is 1120. The van der Waals surface area contributed by atoms with Gasteiger partial charge in [0.05, 0.1) is 23.3 Å². The number of benzene rings is 3. The second-order valence-corrected chi connectivity index (χ2v) is 7.51. The summed E-state index contributed by atoms with van der Waals surface area (Å²) in [6.45, 7) is -0.272. The molecule has 1 saturated heterocycles. The van der Waals surface area contributed by atoms with E-state index in [2.05, 4.69) is 0 Å². The van der Waals surface area contributed by atoms with E-state index >= 15 is 0 Å². The van der Waals surface area contributed by atoms with Gasteiger partial charge in [-0.25, -0.2) is 14.4 Å². The highest BCUT2D eigenvalue weighted by molar-refractivity contribution is 5.91. The molecule has 0 radical (unpaired) electrons. The van der Waals surface area contributed by atoms with Gasteiger partial charge in [0.2, 0.25) is 0 Å². The summed E-state index contributed by atoms with van der Waals surface area (Å²) in [6.07, 6.45) is -5.51. The Kier molecular flexibility index (Phi) is 7.31. The molecule has 0 spiro atoms. The van der Waals surface area contributed by atoms with E-state index in [9.17, 15) is 19.5 Å². The van der Waals surface area contributed by atoms with Gasteiger partial charge in [-0.2, -0.15) is 0 Å². The van der Waals surface area contributed by atoms with Crippen molar-refractivity contribution in [3.63, 3.8) is 0 Å². The lowest BCUT2D eigenvalue weighted by molar-refractivity contribution is -0.251. The monoisotopic (exact) mass is 462 g/mol. The predicted molar refractivity (Wildman–Crippen MR) is 119 cm³/mol. The zero-order valence-electron chi connectivity index (χ0n) is 18.0. The third-order valence-corrected chi connectivity index (χ3v) is 5.18. The average molecular weight is 462 g/mol. The predicted octanol–water partition coefficient (Wildman–Crippen LogP) is 3.01. The zero-order valence-corrected chi connectivity index (χ0v) is 18.0. The summed E-state index contributed by atoms with van der Waals surface area (Å²) in [4.78, 5) is 38.1. The van der Waals surface area contributed by atoms with Crippen molar-refractivity contribution >= 4 is 17.9 Å². The first-order valence-electron chi connectivity index (χ1n) is 10.6. The Hall–Kier alpha value is -4.01.